The lowest BCUT2D eigenvalue weighted by molar-refractivity contribution is 0.0949. The topological polar surface area (TPSA) is 85.8 Å². The minimum absolute atomic E-state index is 0.105. The Morgan fingerprint density at radius 3 is 2.85 bits per heavy atom. The number of nitriles is 1. The van der Waals surface area contributed by atoms with Crippen molar-refractivity contribution in [1.82, 2.24) is 10.3 Å². The number of hydrogen-bond acceptors (Lipinski definition) is 3. The van der Waals surface area contributed by atoms with E-state index < -0.39 is 11.5 Å². The Balaban J connectivity index is 2.42. The molecule has 0 spiro atoms. The summed E-state index contributed by atoms with van der Waals surface area (Å²) in [5.41, 5.74) is 1.04. The average molecular weight is 269 g/mol. The number of fused-ring (bicyclic) bond motifs is 1. The van der Waals surface area contributed by atoms with Crippen molar-refractivity contribution in [2.75, 3.05) is 6.54 Å². The van der Waals surface area contributed by atoms with Crippen LogP contribution in [0, 0.1) is 24.2 Å². The van der Waals surface area contributed by atoms with Gasteiger partial charge in [-0.05, 0) is 25.5 Å². The molecule has 0 saturated carbocycles. The van der Waals surface area contributed by atoms with Gasteiger partial charge in [-0.25, -0.2) is 0 Å². The highest BCUT2D eigenvalue weighted by Crippen LogP contribution is 2.16. The fourth-order valence-electron chi connectivity index (χ4n) is 2.06. The Hall–Kier alpha value is -2.61. The van der Waals surface area contributed by atoms with Gasteiger partial charge in [0.25, 0.3) is 11.5 Å². The minimum atomic E-state index is -0.448. The minimum Gasteiger partial charge on any atom is -0.351 e. The van der Waals surface area contributed by atoms with E-state index in [0.29, 0.717) is 11.1 Å². The molecule has 1 aromatic heterocycles. The number of carbonyl (C=O) groups is 1. The maximum absolute atomic E-state index is 12.1. The van der Waals surface area contributed by atoms with Crippen LogP contribution in [0.4, 0.5) is 0 Å². The van der Waals surface area contributed by atoms with Crippen LogP contribution < -0.4 is 10.9 Å². The Bertz CT molecular complexity index is 756. The van der Waals surface area contributed by atoms with Gasteiger partial charge in [0.05, 0.1) is 12.0 Å². The fourth-order valence-corrected chi connectivity index (χ4v) is 2.06. The number of aromatic nitrogens is 1. The molecule has 0 aliphatic carbocycles. The van der Waals surface area contributed by atoms with Crippen molar-refractivity contribution in [3.05, 3.63) is 45.7 Å². The third-order valence-electron chi connectivity index (χ3n) is 3.20. The van der Waals surface area contributed by atoms with Gasteiger partial charge in [0.1, 0.15) is 5.56 Å². The number of aryl methyl sites for hydroxylation is 1. The number of hydrogen-bond donors (Lipinski definition) is 2. The number of carbonyl (C=O) groups excluding carboxylic acids is 1. The number of benzene rings is 1. The lowest BCUT2D eigenvalue weighted by atomic mass is 10.0. The van der Waals surface area contributed by atoms with E-state index in [4.69, 9.17) is 5.26 Å². The molecule has 1 aromatic carbocycles. The monoisotopic (exact) mass is 269 g/mol. The number of aromatic amines is 1. The summed E-state index contributed by atoms with van der Waals surface area (Å²) in [5, 5.41) is 12.2. The predicted molar refractivity (Wildman–Crippen MR) is 76.4 cm³/mol. The van der Waals surface area contributed by atoms with Crippen molar-refractivity contribution in [2.45, 2.75) is 13.8 Å². The van der Waals surface area contributed by atoms with Gasteiger partial charge in [-0.3, -0.25) is 9.59 Å². The molecule has 0 fully saturated rings. The van der Waals surface area contributed by atoms with E-state index in [1.165, 1.54) is 0 Å². The molecule has 2 aromatic rings. The van der Waals surface area contributed by atoms with Gasteiger partial charge in [-0.2, -0.15) is 5.26 Å². The third kappa shape index (κ3) is 2.54. The van der Waals surface area contributed by atoms with Crippen molar-refractivity contribution < 1.29 is 4.79 Å². The normalized spacial score (nSPS) is 11.8. The maximum Gasteiger partial charge on any atom is 0.261 e. The summed E-state index contributed by atoms with van der Waals surface area (Å²) in [7, 11) is 0. The van der Waals surface area contributed by atoms with Crippen molar-refractivity contribution in [1.29, 1.82) is 5.26 Å². The molecule has 5 heteroatoms. The van der Waals surface area contributed by atoms with Crippen LogP contribution in [0.25, 0.3) is 10.9 Å². The van der Waals surface area contributed by atoms with Crippen LogP contribution in [0.15, 0.2) is 29.1 Å². The number of rotatable bonds is 3. The number of pyridine rings is 1. The standard InChI is InChI=1S/C15H15N3O2/c1-9(7-16)8-17-14(19)13-10(2)11-5-3-4-6-12(11)18-15(13)20/h3-6,9H,8H2,1-2H3,(H,17,19)(H,18,20). The second-order valence-electron chi connectivity index (χ2n) is 4.74. The molecule has 102 valence electrons. The molecular weight excluding hydrogens is 254 g/mol. The second-order valence-corrected chi connectivity index (χ2v) is 4.74. The maximum atomic E-state index is 12.1. The Labute approximate surface area is 116 Å². The molecule has 1 amide bonds. The summed E-state index contributed by atoms with van der Waals surface area (Å²) in [6.07, 6.45) is 0. The molecule has 20 heavy (non-hydrogen) atoms. The van der Waals surface area contributed by atoms with E-state index in [1.807, 2.05) is 24.3 Å². The van der Waals surface area contributed by atoms with Crippen LogP contribution in [-0.2, 0) is 0 Å². The first kappa shape index (κ1) is 13.8. The van der Waals surface area contributed by atoms with Crippen LogP contribution >= 0.6 is 0 Å². The molecule has 5 nitrogen and oxygen atoms in total. The first-order valence-corrected chi connectivity index (χ1v) is 6.34. The quantitative estimate of drug-likeness (QED) is 0.889. The van der Waals surface area contributed by atoms with Crippen molar-refractivity contribution in [3.63, 3.8) is 0 Å². The van der Waals surface area contributed by atoms with E-state index in [0.717, 1.165) is 5.39 Å². The predicted octanol–water partition coefficient (Wildman–Crippen LogP) is 1.73. The van der Waals surface area contributed by atoms with Gasteiger partial charge >= 0.3 is 0 Å². The highest BCUT2D eigenvalue weighted by atomic mass is 16.2. The molecule has 1 heterocycles. The SMILES string of the molecule is Cc1c(C(=O)NCC(C)C#N)c(=O)[nH]c2ccccc12. The molecule has 2 rings (SSSR count). The lowest BCUT2D eigenvalue weighted by Crippen LogP contribution is -2.33. The zero-order valence-corrected chi connectivity index (χ0v) is 11.4. The average Bonchev–Trinajstić information content (AvgIpc) is 2.44. The van der Waals surface area contributed by atoms with Crippen LogP contribution in [-0.4, -0.2) is 17.4 Å². The molecule has 2 N–H and O–H groups in total. The largest absolute Gasteiger partial charge is 0.351 e. The second kappa shape index (κ2) is 5.57. The zero-order chi connectivity index (χ0) is 14.7. The van der Waals surface area contributed by atoms with E-state index in [2.05, 4.69) is 10.3 Å². The van der Waals surface area contributed by atoms with E-state index >= 15 is 0 Å². The van der Waals surface area contributed by atoms with Gasteiger partial charge in [-0.15, -0.1) is 0 Å². The number of para-hydroxylation sites is 1. The van der Waals surface area contributed by atoms with Crippen LogP contribution in [0.3, 0.4) is 0 Å². The summed E-state index contributed by atoms with van der Waals surface area (Å²) in [6.45, 7) is 3.68. The van der Waals surface area contributed by atoms with E-state index in [1.54, 1.807) is 19.9 Å². The number of nitrogens with one attached hydrogen (secondary N) is 2. The smallest absolute Gasteiger partial charge is 0.261 e. The van der Waals surface area contributed by atoms with E-state index in [9.17, 15) is 9.59 Å². The molecule has 0 saturated heterocycles. The molecule has 0 aliphatic rings. The molecule has 0 bridgehead atoms. The summed E-state index contributed by atoms with van der Waals surface area (Å²) < 4.78 is 0. The van der Waals surface area contributed by atoms with Gasteiger partial charge < -0.3 is 10.3 Å². The number of H-pyrrole nitrogens is 1. The molecule has 0 aliphatic heterocycles. The number of nitrogens with zero attached hydrogens (tertiary/aromatic N) is 1. The Kier molecular flexibility index (Phi) is 3.85. The first-order chi connectivity index (χ1) is 9.54. The summed E-state index contributed by atoms with van der Waals surface area (Å²) >= 11 is 0. The van der Waals surface area contributed by atoms with Gasteiger partial charge in [0.15, 0.2) is 0 Å². The van der Waals surface area contributed by atoms with Crippen molar-refractivity contribution in [2.24, 2.45) is 5.92 Å². The van der Waals surface area contributed by atoms with Crippen molar-refractivity contribution >= 4 is 16.8 Å². The van der Waals surface area contributed by atoms with Crippen LogP contribution in [0.5, 0.6) is 0 Å². The molecule has 0 radical (unpaired) electrons. The van der Waals surface area contributed by atoms with Crippen LogP contribution in [0.1, 0.15) is 22.8 Å². The fraction of sp³-hybridized carbons (Fsp3) is 0.267. The Morgan fingerprint density at radius 2 is 2.15 bits per heavy atom. The highest BCUT2D eigenvalue weighted by molar-refractivity contribution is 5.99. The number of amides is 1. The molecule has 1 atom stereocenters. The first-order valence-electron chi connectivity index (χ1n) is 6.34. The zero-order valence-electron chi connectivity index (χ0n) is 11.4. The van der Waals surface area contributed by atoms with Gasteiger partial charge in [0, 0.05) is 17.4 Å². The van der Waals surface area contributed by atoms with Gasteiger partial charge in [-0.1, -0.05) is 18.2 Å². The highest BCUT2D eigenvalue weighted by Gasteiger charge is 2.16. The summed E-state index contributed by atoms with van der Waals surface area (Å²) in [4.78, 5) is 26.8. The molecule has 1 unspecified atom stereocenters. The van der Waals surface area contributed by atoms with Crippen LogP contribution in [0.2, 0.25) is 0 Å². The third-order valence-corrected chi connectivity index (χ3v) is 3.20. The molecular formula is C15H15N3O2. The lowest BCUT2D eigenvalue weighted by Gasteiger charge is -2.10. The summed E-state index contributed by atoms with van der Waals surface area (Å²) in [6, 6.07) is 9.36. The summed E-state index contributed by atoms with van der Waals surface area (Å²) in [5.74, 6) is -0.740. The van der Waals surface area contributed by atoms with Gasteiger partial charge in [0.2, 0.25) is 0 Å². The van der Waals surface area contributed by atoms with E-state index in [-0.39, 0.29) is 18.0 Å². The van der Waals surface area contributed by atoms with Crippen molar-refractivity contribution in [3.8, 4) is 6.07 Å². The Morgan fingerprint density at radius 1 is 1.45 bits per heavy atom.